The van der Waals surface area contributed by atoms with E-state index in [0.29, 0.717) is 16.1 Å². The predicted octanol–water partition coefficient (Wildman–Crippen LogP) is 4.71. The molecule has 0 amide bonds. The Kier molecular flexibility index (Phi) is 4.70. The van der Waals surface area contributed by atoms with Crippen molar-refractivity contribution < 1.29 is 4.74 Å². The van der Waals surface area contributed by atoms with Crippen LogP contribution in [0.4, 0.5) is 0 Å². The quantitative estimate of drug-likeness (QED) is 0.758. The van der Waals surface area contributed by atoms with Crippen LogP contribution < -0.4 is 0 Å². The van der Waals surface area contributed by atoms with Gasteiger partial charge < -0.3 is 4.74 Å². The summed E-state index contributed by atoms with van der Waals surface area (Å²) in [5.74, 6) is 0.841. The predicted molar refractivity (Wildman–Crippen MR) is 77.9 cm³/mol. The van der Waals surface area contributed by atoms with Gasteiger partial charge in [0.05, 0.1) is 0 Å². The SMILES string of the molecule is COC1(c2nc(Cl)c(C(C)C)c(Cl)n2)CCCCC1. The van der Waals surface area contributed by atoms with E-state index in [0.717, 1.165) is 31.2 Å². The lowest BCUT2D eigenvalue weighted by Crippen LogP contribution is -2.33. The largest absolute Gasteiger partial charge is 0.370 e. The van der Waals surface area contributed by atoms with Gasteiger partial charge in [0, 0.05) is 12.7 Å². The number of aromatic nitrogens is 2. The number of ether oxygens (including phenoxy) is 1. The van der Waals surface area contributed by atoms with Crippen LogP contribution in [-0.4, -0.2) is 17.1 Å². The zero-order valence-corrected chi connectivity index (χ0v) is 13.2. The summed E-state index contributed by atoms with van der Waals surface area (Å²) < 4.78 is 5.73. The van der Waals surface area contributed by atoms with Gasteiger partial charge in [0.25, 0.3) is 0 Å². The fourth-order valence-corrected chi connectivity index (χ4v) is 3.56. The molecule has 5 heteroatoms. The lowest BCUT2D eigenvalue weighted by Gasteiger charge is -2.34. The Hall–Kier alpha value is -0.380. The molecule has 0 unspecified atom stereocenters. The van der Waals surface area contributed by atoms with Crippen molar-refractivity contribution in [1.82, 2.24) is 9.97 Å². The van der Waals surface area contributed by atoms with E-state index >= 15 is 0 Å². The van der Waals surface area contributed by atoms with Gasteiger partial charge in [0.2, 0.25) is 0 Å². The molecule has 1 fully saturated rings. The molecule has 1 heterocycles. The molecule has 0 atom stereocenters. The molecular weight excluding hydrogens is 283 g/mol. The summed E-state index contributed by atoms with van der Waals surface area (Å²) in [5.41, 5.74) is 0.398. The van der Waals surface area contributed by atoms with Gasteiger partial charge in [0.15, 0.2) is 5.82 Å². The number of rotatable bonds is 3. The Morgan fingerprint density at radius 2 is 1.58 bits per heavy atom. The summed E-state index contributed by atoms with van der Waals surface area (Å²) >= 11 is 12.6. The van der Waals surface area contributed by atoms with Crippen LogP contribution in [0.1, 0.15) is 63.3 Å². The van der Waals surface area contributed by atoms with Gasteiger partial charge in [-0.05, 0) is 18.8 Å². The summed E-state index contributed by atoms with van der Waals surface area (Å²) in [5, 5.41) is 0.902. The first-order valence-electron chi connectivity index (χ1n) is 6.79. The first-order chi connectivity index (χ1) is 9.00. The van der Waals surface area contributed by atoms with Crippen molar-refractivity contribution in [3.05, 3.63) is 21.7 Å². The van der Waals surface area contributed by atoms with Gasteiger partial charge in [-0.25, -0.2) is 9.97 Å². The number of methoxy groups -OCH3 is 1. The Morgan fingerprint density at radius 1 is 1.05 bits per heavy atom. The molecule has 0 N–H and O–H groups in total. The molecule has 1 aliphatic carbocycles. The highest BCUT2D eigenvalue weighted by Crippen LogP contribution is 2.40. The smallest absolute Gasteiger partial charge is 0.163 e. The van der Waals surface area contributed by atoms with E-state index in [1.807, 2.05) is 13.8 Å². The van der Waals surface area contributed by atoms with Crippen LogP contribution in [0.25, 0.3) is 0 Å². The molecule has 0 aromatic carbocycles. The van der Waals surface area contributed by atoms with Gasteiger partial charge in [-0.3, -0.25) is 0 Å². The topological polar surface area (TPSA) is 35.0 Å². The molecule has 1 saturated carbocycles. The molecule has 0 radical (unpaired) electrons. The summed E-state index contributed by atoms with van der Waals surface area (Å²) in [6.45, 7) is 4.06. The first-order valence-corrected chi connectivity index (χ1v) is 7.54. The molecule has 2 rings (SSSR count). The van der Waals surface area contributed by atoms with Gasteiger partial charge >= 0.3 is 0 Å². The van der Waals surface area contributed by atoms with Crippen molar-refractivity contribution in [3.8, 4) is 0 Å². The maximum absolute atomic E-state index is 6.28. The summed E-state index contributed by atoms with van der Waals surface area (Å²) in [7, 11) is 1.72. The van der Waals surface area contributed by atoms with Crippen LogP contribution in [0.2, 0.25) is 10.3 Å². The number of hydrogen-bond acceptors (Lipinski definition) is 3. The Balaban J connectivity index is 2.45. The lowest BCUT2D eigenvalue weighted by molar-refractivity contribution is -0.0515. The molecule has 0 spiro atoms. The minimum atomic E-state index is -0.416. The molecule has 0 aliphatic heterocycles. The molecule has 19 heavy (non-hydrogen) atoms. The normalized spacial score (nSPS) is 18.8. The average Bonchev–Trinajstić information content (AvgIpc) is 2.38. The summed E-state index contributed by atoms with van der Waals surface area (Å²) in [6.07, 6.45) is 5.34. The first kappa shape index (κ1) is 15.0. The van der Waals surface area contributed by atoms with E-state index < -0.39 is 5.60 Å². The number of hydrogen-bond donors (Lipinski definition) is 0. The number of halogens is 2. The number of nitrogens with zero attached hydrogens (tertiary/aromatic N) is 2. The van der Waals surface area contributed by atoms with Crippen LogP contribution in [0, 0.1) is 0 Å². The second kappa shape index (κ2) is 5.94. The Labute approximate surface area is 124 Å². The summed E-state index contributed by atoms with van der Waals surface area (Å²) in [6, 6.07) is 0. The van der Waals surface area contributed by atoms with Gasteiger partial charge in [0.1, 0.15) is 15.9 Å². The zero-order chi connectivity index (χ0) is 14.0. The third-order valence-electron chi connectivity index (χ3n) is 3.89. The molecule has 3 nitrogen and oxygen atoms in total. The maximum Gasteiger partial charge on any atom is 0.163 e. The van der Waals surface area contributed by atoms with Crippen LogP contribution in [0.15, 0.2) is 0 Å². The van der Waals surface area contributed by atoms with E-state index in [-0.39, 0.29) is 5.92 Å². The van der Waals surface area contributed by atoms with Gasteiger partial charge in [-0.15, -0.1) is 0 Å². The minimum Gasteiger partial charge on any atom is -0.370 e. The van der Waals surface area contributed by atoms with Crippen LogP contribution in [0.5, 0.6) is 0 Å². The van der Waals surface area contributed by atoms with E-state index in [4.69, 9.17) is 27.9 Å². The molecule has 0 saturated heterocycles. The van der Waals surface area contributed by atoms with Gasteiger partial charge in [-0.1, -0.05) is 56.3 Å². The third kappa shape index (κ3) is 2.88. The van der Waals surface area contributed by atoms with E-state index in [1.54, 1.807) is 7.11 Å². The second-order valence-corrected chi connectivity index (χ2v) is 6.17. The highest BCUT2D eigenvalue weighted by molar-refractivity contribution is 6.34. The van der Waals surface area contributed by atoms with Crippen molar-refractivity contribution >= 4 is 23.2 Å². The highest BCUT2D eigenvalue weighted by atomic mass is 35.5. The third-order valence-corrected chi connectivity index (χ3v) is 4.47. The molecule has 1 aromatic rings. The average molecular weight is 303 g/mol. The zero-order valence-electron chi connectivity index (χ0n) is 11.7. The van der Waals surface area contributed by atoms with Gasteiger partial charge in [-0.2, -0.15) is 0 Å². The molecule has 0 bridgehead atoms. The molecule has 106 valence electrons. The van der Waals surface area contributed by atoms with Crippen molar-refractivity contribution in [3.63, 3.8) is 0 Å². The minimum absolute atomic E-state index is 0.207. The highest BCUT2D eigenvalue weighted by Gasteiger charge is 2.37. The molecule has 1 aromatic heterocycles. The van der Waals surface area contributed by atoms with E-state index in [1.165, 1.54) is 6.42 Å². The fourth-order valence-electron chi connectivity index (χ4n) is 2.74. The van der Waals surface area contributed by atoms with E-state index in [9.17, 15) is 0 Å². The fraction of sp³-hybridized carbons (Fsp3) is 0.714. The Morgan fingerprint density at radius 3 is 2.00 bits per heavy atom. The van der Waals surface area contributed by atoms with Crippen molar-refractivity contribution in [1.29, 1.82) is 0 Å². The van der Waals surface area contributed by atoms with Crippen LogP contribution in [0.3, 0.4) is 0 Å². The van der Waals surface area contributed by atoms with Crippen molar-refractivity contribution in [2.45, 2.75) is 57.5 Å². The van der Waals surface area contributed by atoms with Crippen molar-refractivity contribution in [2.24, 2.45) is 0 Å². The van der Waals surface area contributed by atoms with Crippen LogP contribution in [-0.2, 0) is 10.3 Å². The molecular formula is C14H20Cl2N2O. The maximum atomic E-state index is 6.28. The summed E-state index contributed by atoms with van der Waals surface area (Å²) in [4.78, 5) is 8.93. The molecule has 1 aliphatic rings. The second-order valence-electron chi connectivity index (χ2n) is 5.46. The van der Waals surface area contributed by atoms with Crippen LogP contribution >= 0.6 is 23.2 Å². The standard InChI is InChI=1S/C14H20Cl2N2O/c1-9(2)10-11(15)17-13(18-12(10)16)14(19-3)7-5-4-6-8-14/h9H,4-8H2,1-3H3. The lowest BCUT2D eigenvalue weighted by atomic mass is 9.84. The Bertz CT molecular complexity index is 434. The monoisotopic (exact) mass is 302 g/mol. The van der Waals surface area contributed by atoms with Crippen molar-refractivity contribution in [2.75, 3.05) is 7.11 Å². The van der Waals surface area contributed by atoms with E-state index in [2.05, 4.69) is 9.97 Å².